The molecule has 1 N–H and O–H groups in total. The molecule has 2 aromatic carbocycles. The van der Waals surface area contributed by atoms with Gasteiger partial charge < -0.3 is 5.32 Å². The Morgan fingerprint density at radius 3 is 2.19 bits per heavy atom. The topological polar surface area (TPSA) is 66.5 Å². The summed E-state index contributed by atoms with van der Waals surface area (Å²) in [5.41, 5.74) is 2.21. The van der Waals surface area contributed by atoms with Crippen LogP contribution in [-0.4, -0.2) is 38.3 Å². The van der Waals surface area contributed by atoms with Crippen molar-refractivity contribution in [3.8, 4) is 0 Å². The summed E-state index contributed by atoms with van der Waals surface area (Å²) in [4.78, 5) is 12.8. The van der Waals surface area contributed by atoms with Gasteiger partial charge in [0, 0.05) is 36.4 Å². The largest absolute Gasteiger partial charge is 0.355 e. The highest BCUT2D eigenvalue weighted by Crippen LogP contribution is 2.43. The predicted octanol–water partition coefficient (Wildman–Crippen LogP) is 3.94. The number of carbonyl (C=O) groups excluding carboxylic acids is 1. The number of amides is 1. The molecule has 5 nitrogen and oxygen atoms in total. The fraction of sp³-hybridized carbons (Fsp3) is 0.400. The Balaban J connectivity index is 1.29. The van der Waals surface area contributed by atoms with E-state index in [1.807, 2.05) is 36.4 Å². The molecule has 0 unspecified atom stereocenters. The van der Waals surface area contributed by atoms with Crippen LogP contribution in [0.4, 0.5) is 0 Å². The second kappa shape index (κ2) is 9.37. The first kappa shape index (κ1) is 21.8. The molecule has 1 saturated carbocycles. The van der Waals surface area contributed by atoms with Crippen molar-refractivity contribution >= 4 is 22.0 Å². The molecule has 2 fully saturated rings. The maximum absolute atomic E-state index is 12.8. The second-order valence-corrected chi connectivity index (χ2v) is 10.5. The first-order valence-corrected chi connectivity index (χ1v) is 12.6. The first-order chi connectivity index (χ1) is 15.0. The summed E-state index contributed by atoms with van der Waals surface area (Å²) < 4.78 is 26.7. The van der Waals surface area contributed by atoms with Crippen LogP contribution in [0.25, 0.3) is 6.08 Å². The molecule has 0 spiro atoms. The lowest BCUT2D eigenvalue weighted by Crippen LogP contribution is -2.48. The first-order valence-electron chi connectivity index (χ1n) is 11.1. The van der Waals surface area contributed by atoms with Crippen LogP contribution in [0.5, 0.6) is 0 Å². The summed E-state index contributed by atoms with van der Waals surface area (Å²) in [5.74, 6) is -0.0727. The molecule has 4 rings (SSSR count). The van der Waals surface area contributed by atoms with Crippen LogP contribution in [0.15, 0.2) is 66.1 Å². The van der Waals surface area contributed by atoms with Crippen LogP contribution in [-0.2, 0) is 20.2 Å². The van der Waals surface area contributed by atoms with E-state index in [9.17, 15) is 13.2 Å². The highest BCUT2D eigenvalue weighted by atomic mass is 32.2. The van der Waals surface area contributed by atoms with Crippen molar-refractivity contribution < 1.29 is 13.2 Å². The number of hydrogen-bond donors (Lipinski definition) is 1. The number of carbonyl (C=O) groups is 1. The number of nitrogens with zero attached hydrogens (tertiary/aromatic N) is 1. The number of sulfonamides is 1. The van der Waals surface area contributed by atoms with Gasteiger partial charge >= 0.3 is 0 Å². The molecule has 164 valence electrons. The van der Waals surface area contributed by atoms with E-state index < -0.39 is 10.0 Å². The molecule has 0 bridgehead atoms. The SMILES string of the molecule is O=C(NCC1(c2ccccc2)CCC1)C1CCN(S(=O)(=O)/C=C/c2ccccc2)CC1. The minimum Gasteiger partial charge on any atom is -0.355 e. The van der Waals surface area contributed by atoms with E-state index in [1.54, 1.807) is 6.08 Å². The van der Waals surface area contributed by atoms with Gasteiger partial charge in [0.15, 0.2) is 0 Å². The summed E-state index contributed by atoms with van der Waals surface area (Å²) in [6.45, 7) is 1.42. The van der Waals surface area contributed by atoms with Gasteiger partial charge in [-0.2, -0.15) is 4.31 Å². The lowest BCUT2D eigenvalue weighted by Gasteiger charge is -2.43. The fourth-order valence-corrected chi connectivity index (χ4v) is 5.77. The normalized spacial score (nSPS) is 19.7. The van der Waals surface area contributed by atoms with E-state index in [4.69, 9.17) is 0 Å². The van der Waals surface area contributed by atoms with Crippen LogP contribution < -0.4 is 5.32 Å². The van der Waals surface area contributed by atoms with Gasteiger partial charge in [-0.25, -0.2) is 8.42 Å². The zero-order valence-corrected chi connectivity index (χ0v) is 18.6. The Kier molecular flexibility index (Phi) is 6.58. The molecular weight excluding hydrogens is 408 g/mol. The molecule has 1 saturated heterocycles. The highest BCUT2D eigenvalue weighted by molar-refractivity contribution is 7.92. The predicted molar refractivity (Wildman–Crippen MR) is 124 cm³/mol. The molecule has 2 aromatic rings. The Morgan fingerprint density at radius 2 is 1.61 bits per heavy atom. The Morgan fingerprint density at radius 1 is 1.00 bits per heavy atom. The summed E-state index contributed by atoms with van der Waals surface area (Å²) in [5, 5.41) is 4.44. The lowest BCUT2D eigenvalue weighted by atomic mass is 9.64. The van der Waals surface area contributed by atoms with E-state index in [0.29, 0.717) is 32.5 Å². The van der Waals surface area contributed by atoms with Gasteiger partial charge in [0.25, 0.3) is 0 Å². The average Bonchev–Trinajstić information content (AvgIpc) is 2.78. The standard InChI is InChI=1S/C25H30N2O3S/c28-24(26-20-25(15-7-16-25)23-10-5-2-6-11-23)22-12-17-27(18-13-22)31(29,30)19-14-21-8-3-1-4-9-21/h1-6,8-11,14,19,22H,7,12-13,15-18,20H2,(H,26,28)/b19-14+. The van der Waals surface area contributed by atoms with Crippen molar-refractivity contribution in [2.24, 2.45) is 5.92 Å². The van der Waals surface area contributed by atoms with Gasteiger partial charge in [-0.1, -0.05) is 67.1 Å². The van der Waals surface area contributed by atoms with Crippen molar-refractivity contribution in [1.82, 2.24) is 9.62 Å². The molecule has 0 atom stereocenters. The summed E-state index contributed by atoms with van der Waals surface area (Å²) in [6, 6.07) is 19.8. The smallest absolute Gasteiger partial charge is 0.236 e. The van der Waals surface area contributed by atoms with E-state index in [2.05, 4.69) is 29.6 Å². The number of piperidine rings is 1. The Hall–Kier alpha value is -2.44. The fourth-order valence-electron chi connectivity index (χ4n) is 4.55. The van der Waals surface area contributed by atoms with Crippen molar-refractivity contribution in [3.63, 3.8) is 0 Å². The number of hydrogen-bond acceptors (Lipinski definition) is 3. The number of rotatable bonds is 7. The monoisotopic (exact) mass is 438 g/mol. The molecule has 1 aliphatic heterocycles. The summed E-state index contributed by atoms with van der Waals surface area (Å²) >= 11 is 0. The third-order valence-electron chi connectivity index (χ3n) is 6.71. The van der Waals surface area contributed by atoms with E-state index in [1.165, 1.54) is 21.7 Å². The highest BCUT2D eigenvalue weighted by Gasteiger charge is 2.39. The number of benzene rings is 2. The van der Waals surface area contributed by atoms with Crippen LogP contribution in [0.3, 0.4) is 0 Å². The van der Waals surface area contributed by atoms with Crippen molar-refractivity contribution in [2.75, 3.05) is 19.6 Å². The molecule has 0 aromatic heterocycles. The van der Waals surface area contributed by atoms with Gasteiger partial charge in [-0.05, 0) is 42.9 Å². The van der Waals surface area contributed by atoms with Gasteiger partial charge in [-0.15, -0.1) is 0 Å². The van der Waals surface area contributed by atoms with Crippen molar-refractivity contribution in [1.29, 1.82) is 0 Å². The third kappa shape index (κ3) is 5.08. The van der Waals surface area contributed by atoms with E-state index in [-0.39, 0.29) is 17.2 Å². The molecule has 0 radical (unpaired) electrons. The minimum atomic E-state index is -3.48. The maximum Gasteiger partial charge on any atom is 0.236 e. The van der Waals surface area contributed by atoms with Gasteiger partial charge in [-0.3, -0.25) is 4.79 Å². The van der Waals surface area contributed by atoms with E-state index in [0.717, 1.165) is 18.4 Å². The quantitative estimate of drug-likeness (QED) is 0.712. The van der Waals surface area contributed by atoms with Gasteiger partial charge in [0.1, 0.15) is 0 Å². The van der Waals surface area contributed by atoms with Crippen LogP contribution in [0.2, 0.25) is 0 Å². The molecule has 1 heterocycles. The maximum atomic E-state index is 12.8. The summed E-state index contributed by atoms with van der Waals surface area (Å²) in [7, 11) is -3.48. The molecule has 1 amide bonds. The zero-order valence-electron chi connectivity index (χ0n) is 17.7. The molecule has 2 aliphatic rings. The van der Waals surface area contributed by atoms with Crippen LogP contribution in [0, 0.1) is 5.92 Å². The van der Waals surface area contributed by atoms with Crippen LogP contribution in [0.1, 0.15) is 43.2 Å². The molecule has 31 heavy (non-hydrogen) atoms. The zero-order chi connectivity index (χ0) is 21.7. The van der Waals surface area contributed by atoms with Gasteiger partial charge in [0.2, 0.25) is 15.9 Å². The minimum absolute atomic E-state index is 0.0547. The molecular formula is C25H30N2O3S. The van der Waals surface area contributed by atoms with E-state index >= 15 is 0 Å². The molecule has 1 aliphatic carbocycles. The Labute approximate surface area is 185 Å². The average molecular weight is 439 g/mol. The van der Waals surface area contributed by atoms with Crippen LogP contribution >= 0.6 is 0 Å². The second-order valence-electron chi connectivity index (χ2n) is 8.65. The van der Waals surface area contributed by atoms with Crippen molar-refractivity contribution in [2.45, 2.75) is 37.5 Å². The number of nitrogens with one attached hydrogen (secondary N) is 1. The van der Waals surface area contributed by atoms with Gasteiger partial charge in [0.05, 0.1) is 0 Å². The Bertz CT molecular complexity index is 1010. The van der Waals surface area contributed by atoms with Crippen molar-refractivity contribution in [3.05, 3.63) is 77.2 Å². The molecule has 6 heteroatoms. The third-order valence-corrected chi connectivity index (χ3v) is 8.28. The summed E-state index contributed by atoms with van der Waals surface area (Å²) in [6.07, 6.45) is 6.13. The lowest BCUT2D eigenvalue weighted by molar-refractivity contribution is -0.126.